The molecule has 0 aliphatic heterocycles. The molecule has 2 rings (SSSR count). The summed E-state index contributed by atoms with van der Waals surface area (Å²) in [6.45, 7) is 4.04. The number of halogens is 1. The summed E-state index contributed by atoms with van der Waals surface area (Å²) in [4.78, 5) is 11.8. The summed E-state index contributed by atoms with van der Waals surface area (Å²) in [7, 11) is 0. The molecule has 0 unspecified atom stereocenters. The number of nitrogens with two attached hydrogens (primary N) is 1. The van der Waals surface area contributed by atoms with Gasteiger partial charge in [-0.3, -0.25) is 9.48 Å². The van der Waals surface area contributed by atoms with E-state index < -0.39 is 5.54 Å². The maximum Gasteiger partial charge on any atom is 0.226 e. The second kappa shape index (κ2) is 6.01. The summed E-state index contributed by atoms with van der Waals surface area (Å²) in [5.74, 6) is -0.608. The SMILES string of the molecule is CC(C)(N)c1cn(CCC(=O)Nc2cccc(F)c2)nn1. The summed E-state index contributed by atoms with van der Waals surface area (Å²) in [5, 5.41) is 10.5. The summed E-state index contributed by atoms with van der Waals surface area (Å²) in [6, 6.07) is 5.76. The average Bonchev–Trinajstić information content (AvgIpc) is 2.85. The van der Waals surface area contributed by atoms with Crippen molar-refractivity contribution in [2.45, 2.75) is 32.4 Å². The molecule has 6 nitrogen and oxygen atoms in total. The van der Waals surface area contributed by atoms with Crippen molar-refractivity contribution in [3.05, 3.63) is 42.0 Å². The first-order valence-electron chi connectivity index (χ1n) is 6.59. The molecule has 21 heavy (non-hydrogen) atoms. The Morgan fingerprint density at radius 3 is 2.86 bits per heavy atom. The molecule has 2 aromatic rings. The Morgan fingerprint density at radius 1 is 1.48 bits per heavy atom. The number of nitrogens with zero attached hydrogens (tertiary/aromatic N) is 3. The molecule has 1 aromatic carbocycles. The third kappa shape index (κ3) is 4.35. The monoisotopic (exact) mass is 291 g/mol. The van der Waals surface area contributed by atoms with Gasteiger partial charge in [0.05, 0.1) is 18.3 Å². The predicted molar refractivity (Wildman–Crippen MR) is 76.9 cm³/mol. The molecule has 112 valence electrons. The van der Waals surface area contributed by atoms with Gasteiger partial charge in [0.2, 0.25) is 5.91 Å². The summed E-state index contributed by atoms with van der Waals surface area (Å²) >= 11 is 0. The second-order valence-corrected chi connectivity index (χ2v) is 5.40. The minimum absolute atomic E-state index is 0.213. The fourth-order valence-electron chi connectivity index (χ4n) is 1.71. The van der Waals surface area contributed by atoms with E-state index >= 15 is 0 Å². The molecular weight excluding hydrogens is 273 g/mol. The number of rotatable bonds is 5. The van der Waals surface area contributed by atoms with Gasteiger partial charge < -0.3 is 11.1 Å². The van der Waals surface area contributed by atoms with E-state index in [0.29, 0.717) is 17.9 Å². The first-order valence-corrected chi connectivity index (χ1v) is 6.59. The van der Waals surface area contributed by atoms with Crippen molar-refractivity contribution < 1.29 is 9.18 Å². The van der Waals surface area contributed by atoms with Crippen LogP contribution in [0, 0.1) is 5.82 Å². The zero-order chi connectivity index (χ0) is 15.5. The number of amides is 1. The molecule has 3 N–H and O–H groups in total. The van der Waals surface area contributed by atoms with Crippen LogP contribution in [0.3, 0.4) is 0 Å². The van der Waals surface area contributed by atoms with E-state index in [0.717, 1.165) is 0 Å². The van der Waals surface area contributed by atoms with Crippen LogP contribution in [0.4, 0.5) is 10.1 Å². The van der Waals surface area contributed by atoms with Gasteiger partial charge in [0.1, 0.15) is 11.5 Å². The lowest BCUT2D eigenvalue weighted by Gasteiger charge is -2.13. The van der Waals surface area contributed by atoms with Crippen LogP contribution in [0.2, 0.25) is 0 Å². The number of hydrogen-bond acceptors (Lipinski definition) is 4. The van der Waals surface area contributed by atoms with Gasteiger partial charge in [-0.2, -0.15) is 0 Å². The predicted octanol–water partition coefficient (Wildman–Crippen LogP) is 1.64. The normalized spacial score (nSPS) is 11.4. The van der Waals surface area contributed by atoms with Gasteiger partial charge in [0.25, 0.3) is 0 Å². The zero-order valence-electron chi connectivity index (χ0n) is 12.0. The van der Waals surface area contributed by atoms with Gasteiger partial charge in [-0.1, -0.05) is 11.3 Å². The molecule has 0 atom stereocenters. The Morgan fingerprint density at radius 2 is 2.24 bits per heavy atom. The highest BCUT2D eigenvalue weighted by atomic mass is 19.1. The van der Waals surface area contributed by atoms with Crippen molar-refractivity contribution in [1.29, 1.82) is 0 Å². The Labute approximate surface area is 122 Å². The van der Waals surface area contributed by atoms with Gasteiger partial charge in [-0.25, -0.2) is 4.39 Å². The molecule has 0 saturated carbocycles. The van der Waals surface area contributed by atoms with E-state index in [2.05, 4.69) is 15.6 Å². The highest BCUT2D eigenvalue weighted by molar-refractivity contribution is 5.90. The Bertz CT molecular complexity index is 632. The number of benzene rings is 1. The number of anilines is 1. The molecule has 1 aromatic heterocycles. The lowest BCUT2D eigenvalue weighted by molar-refractivity contribution is -0.116. The molecule has 0 bridgehead atoms. The van der Waals surface area contributed by atoms with Gasteiger partial charge in [0, 0.05) is 12.1 Å². The molecule has 0 spiro atoms. The van der Waals surface area contributed by atoms with Gasteiger partial charge >= 0.3 is 0 Å². The molecule has 7 heteroatoms. The number of carbonyl (C=O) groups excluding carboxylic acids is 1. The molecule has 0 aliphatic rings. The molecule has 1 heterocycles. The fraction of sp³-hybridized carbons (Fsp3) is 0.357. The van der Waals surface area contributed by atoms with E-state index in [1.807, 2.05) is 13.8 Å². The fourth-order valence-corrected chi connectivity index (χ4v) is 1.71. The largest absolute Gasteiger partial charge is 0.326 e. The maximum atomic E-state index is 13.0. The molecule has 0 fully saturated rings. The Balaban J connectivity index is 1.88. The summed E-state index contributed by atoms with van der Waals surface area (Å²) < 4.78 is 14.6. The lowest BCUT2D eigenvalue weighted by atomic mass is 10.0. The van der Waals surface area contributed by atoms with E-state index in [1.165, 1.54) is 18.2 Å². The molecule has 1 amide bonds. The number of hydrogen-bond donors (Lipinski definition) is 2. The minimum Gasteiger partial charge on any atom is -0.326 e. The van der Waals surface area contributed by atoms with Gasteiger partial charge in [-0.15, -0.1) is 5.10 Å². The third-order valence-corrected chi connectivity index (χ3v) is 2.88. The minimum atomic E-state index is -0.567. The highest BCUT2D eigenvalue weighted by Gasteiger charge is 2.18. The Kier molecular flexibility index (Phi) is 4.32. The number of nitrogens with one attached hydrogen (secondary N) is 1. The smallest absolute Gasteiger partial charge is 0.226 e. The van der Waals surface area contributed by atoms with Crippen molar-refractivity contribution in [3.8, 4) is 0 Å². The quantitative estimate of drug-likeness (QED) is 0.877. The summed E-state index contributed by atoms with van der Waals surface area (Å²) in [5.41, 5.74) is 6.44. The zero-order valence-corrected chi connectivity index (χ0v) is 12.0. The van der Waals surface area contributed by atoms with E-state index in [4.69, 9.17) is 5.73 Å². The first kappa shape index (κ1) is 15.1. The van der Waals surface area contributed by atoms with Crippen molar-refractivity contribution in [1.82, 2.24) is 15.0 Å². The van der Waals surface area contributed by atoms with Crippen LogP contribution in [-0.2, 0) is 16.9 Å². The molecule has 0 saturated heterocycles. The van der Waals surface area contributed by atoms with Crippen LogP contribution in [0.5, 0.6) is 0 Å². The topological polar surface area (TPSA) is 85.8 Å². The Hall–Kier alpha value is -2.28. The second-order valence-electron chi connectivity index (χ2n) is 5.40. The van der Waals surface area contributed by atoms with Crippen molar-refractivity contribution >= 4 is 11.6 Å². The maximum absolute atomic E-state index is 13.0. The first-order chi connectivity index (χ1) is 9.84. The van der Waals surface area contributed by atoms with Crippen LogP contribution in [0.25, 0.3) is 0 Å². The van der Waals surface area contributed by atoms with Crippen LogP contribution < -0.4 is 11.1 Å². The standard InChI is InChI=1S/C14H18FN5O/c1-14(2,16)12-9-20(19-18-12)7-6-13(21)17-11-5-3-4-10(15)8-11/h3-5,8-9H,6-7,16H2,1-2H3,(H,17,21). The van der Waals surface area contributed by atoms with Crippen LogP contribution >= 0.6 is 0 Å². The summed E-state index contributed by atoms with van der Waals surface area (Å²) in [6.07, 6.45) is 1.93. The van der Waals surface area contributed by atoms with Crippen molar-refractivity contribution in [2.24, 2.45) is 5.73 Å². The van der Waals surface area contributed by atoms with E-state index in [-0.39, 0.29) is 18.1 Å². The van der Waals surface area contributed by atoms with Gasteiger partial charge in [0.15, 0.2) is 0 Å². The van der Waals surface area contributed by atoms with Crippen LogP contribution in [0.15, 0.2) is 30.5 Å². The number of carbonyl (C=O) groups is 1. The average molecular weight is 291 g/mol. The lowest BCUT2D eigenvalue weighted by Crippen LogP contribution is -2.29. The molecule has 0 aliphatic carbocycles. The molecule has 0 radical (unpaired) electrons. The number of aryl methyl sites for hydroxylation is 1. The van der Waals surface area contributed by atoms with Crippen LogP contribution in [-0.4, -0.2) is 20.9 Å². The van der Waals surface area contributed by atoms with Gasteiger partial charge in [-0.05, 0) is 32.0 Å². The number of aromatic nitrogens is 3. The van der Waals surface area contributed by atoms with Crippen molar-refractivity contribution in [2.75, 3.05) is 5.32 Å². The van der Waals surface area contributed by atoms with Crippen LogP contribution in [0.1, 0.15) is 26.0 Å². The highest BCUT2D eigenvalue weighted by Crippen LogP contribution is 2.13. The van der Waals surface area contributed by atoms with E-state index in [9.17, 15) is 9.18 Å². The van der Waals surface area contributed by atoms with Crippen molar-refractivity contribution in [3.63, 3.8) is 0 Å². The van der Waals surface area contributed by atoms with E-state index in [1.54, 1.807) is 16.9 Å². The molecular formula is C14H18FN5O. The third-order valence-electron chi connectivity index (χ3n) is 2.88.